The first-order chi connectivity index (χ1) is 25.4. The van der Waals surface area contributed by atoms with Crippen LogP contribution in [0.3, 0.4) is 0 Å². The van der Waals surface area contributed by atoms with Crippen LogP contribution in [-0.4, -0.2) is 97.0 Å². The smallest absolute Gasteiger partial charge is 0.407 e. The zero-order valence-electron chi connectivity index (χ0n) is 33.0. The number of benzene rings is 2. The maximum Gasteiger partial charge on any atom is 0.407 e. The number of nitrogens with zero attached hydrogens (tertiary/aromatic N) is 2. The molecule has 2 aromatic rings. The minimum atomic E-state index is -0.816. The largest absolute Gasteiger partial charge is 0.453 e. The van der Waals surface area contributed by atoms with Crippen LogP contribution in [0.4, 0.5) is 15.3 Å². The Bertz CT molecular complexity index is 1540. The maximum absolute atomic E-state index is 13.6. The second-order valence-corrected chi connectivity index (χ2v) is 16.7. The van der Waals surface area contributed by atoms with Crippen molar-refractivity contribution >= 4 is 41.4 Å². The van der Waals surface area contributed by atoms with Crippen molar-refractivity contribution < 1.29 is 38.2 Å². The fourth-order valence-electron chi connectivity index (χ4n) is 7.20. The van der Waals surface area contributed by atoms with E-state index in [4.69, 9.17) is 9.47 Å². The van der Waals surface area contributed by atoms with Gasteiger partial charge in [0.1, 0.15) is 18.1 Å². The Balaban J connectivity index is 1.36. The Kier molecular flexibility index (Phi) is 13.9. The Morgan fingerprint density at radius 2 is 1.09 bits per heavy atom. The first-order valence-electron chi connectivity index (χ1n) is 18.7. The fraction of sp³-hybridized carbons (Fsp3) is 0.561. The van der Waals surface area contributed by atoms with Crippen molar-refractivity contribution in [1.29, 1.82) is 0 Å². The van der Waals surface area contributed by atoms with Crippen LogP contribution in [-0.2, 0) is 35.1 Å². The molecule has 2 aliphatic heterocycles. The number of ketones is 1. The number of hydrogen-bond acceptors (Lipinski definition) is 8. The summed E-state index contributed by atoms with van der Waals surface area (Å²) in [7, 11) is 2.51. The molecule has 0 saturated carbocycles. The molecule has 0 aromatic heterocycles. The van der Waals surface area contributed by atoms with E-state index in [1.165, 1.54) is 14.2 Å². The lowest BCUT2D eigenvalue weighted by atomic mass is 9.87. The van der Waals surface area contributed by atoms with Crippen LogP contribution >= 0.6 is 0 Å². The predicted octanol–water partition coefficient (Wildman–Crippen LogP) is 5.71. The number of ether oxygens (including phenoxy) is 2. The molecule has 0 spiro atoms. The van der Waals surface area contributed by atoms with Crippen molar-refractivity contribution in [2.75, 3.05) is 32.6 Å². The zero-order valence-corrected chi connectivity index (χ0v) is 33.0. The number of Topliss-reactive ketones (excluding diaryl/α,β-unsaturated/α-hetero) is 1. The lowest BCUT2D eigenvalue weighted by Gasteiger charge is -2.31. The van der Waals surface area contributed by atoms with Crippen LogP contribution in [0, 0.1) is 10.8 Å². The van der Waals surface area contributed by atoms with Gasteiger partial charge in [0.25, 0.3) is 0 Å². The Morgan fingerprint density at radius 3 is 1.54 bits per heavy atom. The first kappa shape index (κ1) is 41.8. The number of carbonyl (C=O) groups is 6. The van der Waals surface area contributed by atoms with Gasteiger partial charge in [-0.15, -0.1) is 0 Å². The van der Waals surface area contributed by atoms with Crippen LogP contribution < -0.4 is 16.0 Å². The van der Waals surface area contributed by atoms with Gasteiger partial charge in [-0.1, -0.05) is 77.9 Å². The summed E-state index contributed by atoms with van der Waals surface area (Å²) in [5.74, 6) is -0.913. The van der Waals surface area contributed by atoms with Crippen LogP contribution in [0.2, 0.25) is 0 Å². The Labute approximate surface area is 318 Å². The number of carbonyl (C=O) groups excluding carboxylic acids is 6. The summed E-state index contributed by atoms with van der Waals surface area (Å²) in [4.78, 5) is 81.3. The number of alkyl carbamates (subject to hydrolysis) is 2. The third-order valence-electron chi connectivity index (χ3n) is 9.75. The van der Waals surface area contributed by atoms with Gasteiger partial charge in [0, 0.05) is 25.2 Å². The van der Waals surface area contributed by atoms with Crippen molar-refractivity contribution in [2.24, 2.45) is 10.8 Å². The van der Waals surface area contributed by atoms with Crippen LogP contribution in [0.25, 0.3) is 11.1 Å². The van der Waals surface area contributed by atoms with Crippen molar-refractivity contribution in [2.45, 2.75) is 111 Å². The van der Waals surface area contributed by atoms with Gasteiger partial charge in [-0.05, 0) is 78.2 Å². The highest BCUT2D eigenvalue weighted by atomic mass is 16.5. The number of hydrogen-bond donors (Lipinski definition) is 3. The number of amides is 5. The number of rotatable bonds is 12. The highest BCUT2D eigenvalue weighted by molar-refractivity contribution is 5.99. The monoisotopic (exact) mass is 747 g/mol. The average molecular weight is 748 g/mol. The van der Waals surface area contributed by atoms with E-state index >= 15 is 0 Å². The minimum Gasteiger partial charge on any atom is -0.453 e. The van der Waals surface area contributed by atoms with Gasteiger partial charge in [0.2, 0.25) is 17.7 Å². The van der Waals surface area contributed by atoms with E-state index in [0.717, 1.165) is 16.7 Å². The fourth-order valence-corrected chi connectivity index (χ4v) is 7.20. The van der Waals surface area contributed by atoms with E-state index in [1.54, 1.807) is 21.9 Å². The van der Waals surface area contributed by atoms with Crippen molar-refractivity contribution in [3.63, 3.8) is 0 Å². The van der Waals surface area contributed by atoms with Crippen LogP contribution in [0.5, 0.6) is 0 Å². The van der Waals surface area contributed by atoms with Gasteiger partial charge >= 0.3 is 12.2 Å². The lowest BCUT2D eigenvalue weighted by Crippen LogP contribution is -2.53. The molecule has 2 saturated heterocycles. The van der Waals surface area contributed by atoms with Gasteiger partial charge < -0.3 is 35.2 Å². The SMILES string of the molecule is COC(=O)N[C@@H](CC(C)(C)C)C(=O)N1CCC[C@H]1C(=O)Cc1ccc(-c2ccc(NC(=O)[C@@H]3CCCN3C(=O)[C@H](CC(C)(C)C)NC(=O)OC)cc2)cc1. The van der Waals surface area contributed by atoms with Crippen molar-refractivity contribution in [3.05, 3.63) is 54.1 Å². The van der Waals surface area contributed by atoms with E-state index in [2.05, 4.69) is 16.0 Å². The number of likely N-dealkylation sites (tertiary alicyclic amines) is 2. The molecule has 54 heavy (non-hydrogen) atoms. The molecule has 4 atom stereocenters. The molecule has 294 valence electrons. The summed E-state index contributed by atoms with van der Waals surface area (Å²) < 4.78 is 9.50. The Morgan fingerprint density at radius 1 is 0.667 bits per heavy atom. The molecule has 3 N–H and O–H groups in total. The first-order valence-corrected chi connectivity index (χ1v) is 18.7. The third-order valence-corrected chi connectivity index (χ3v) is 9.75. The summed E-state index contributed by atoms with van der Waals surface area (Å²) >= 11 is 0. The summed E-state index contributed by atoms with van der Waals surface area (Å²) in [6, 6.07) is 12.2. The summed E-state index contributed by atoms with van der Waals surface area (Å²) in [5.41, 5.74) is 2.77. The molecule has 13 nitrogen and oxygen atoms in total. The molecular weight excluding hydrogens is 690 g/mol. The number of nitrogens with one attached hydrogen (secondary N) is 3. The van der Waals surface area contributed by atoms with E-state index in [-0.39, 0.29) is 40.8 Å². The number of methoxy groups -OCH3 is 2. The van der Waals surface area contributed by atoms with Crippen LogP contribution in [0.1, 0.15) is 85.6 Å². The van der Waals surface area contributed by atoms with E-state index in [0.29, 0.717) is 57.3 Å². The molecule has 5 amide bonds. The standard InChI is InChI=1S/C41H57N5O8/c1-40(2,3)24-30(43-38(51)53-7)36(49)45-21-9-11-32(45)34(47)23-26-13-15-27(16-14-26)28-17-19-29(20-18-28)42-35(48)33-12-10-22-46(33)37(50)31(25-41(4,5)6)44-39(52)54-8/h13-20,30-33H,9-12,21-25H2,1-8H3,(H,42,48)(H,43,51)(H,44,52)/t30-,31-,32-,33-/m0/s1. The molecule has 0 aliphatic carbocycles. The van der Waals surface area contributed by atoms with Gasteiger partial charge in [0.15, 0.2) is 5.78 Å². The van der Waals surface area contributed by atoms with E-state index in [9.17, 15) is 28.8 Å². The summed E-state index contributed by atoms with van der Waals surface area (Å²) in [6.07, 6.45) is 2.07. The number of anilines is 1. The topological polar surface area (TPSA) is 163 Å². The average Bonchev–Trinajstić information content (AvgIpc) is 3.81. The molecule has 2 aliphatic rings. The molecule has 0 unspecified atom stereocenters. The zero-order chi connectivity index (χ0) is 39.8. The molecule has 0 radical (unpaired) electrons. The summed E-state index contributed by atoms with van der Waals surface area (Å²) in [6.45, 7) is 12.8. The summed E-state index contributed by atoms with van der Waals surface area (Å²) in [5, 5.41) is 8.26. The van der Waals surface area contributed by atoms with Gasteiger partial charge in [-0.2, -0.15) is 0 Å². The second kappa shape index (κ2) is 17.9. The normalized spacial score (nSPS) is 18.4. The minimum absolute atomic E-state index is 0.0479. The molecule has 2 heterocycles. The lowest BCUT2D eigenvalue weighted by molar-refractivity contribution is -0.139. The van der Waals surface area contributed by atoms with Gasteiger partial charge in [0.05, 0.1) is 20.3 Å². The maximum atomic E-state index is 13.6. The van der Waals surface area contributed by atoms with Gasteiger partial charge in [-0.25, -0.2) is 9.59 Å². The van der Waals surface area contributed by atoms with Gasteiger partial charge in [-0.3, -0.25) is 19.2 Å². The third kappa shape index (κ3) is 11.5. The van der Waals surface area contributed by atoms with E-state index in [1.807, 2.05) is 77.9 Å². The highest BCUT2D eigenvalue weighted by Crippen LogP contribution is 2.29. The highest BCUT2D eigenvalue weighted by Gasteiger charge is 2.40. The molecule has 2 aromatic carbocycles. The van der Waals surface area contributed by atoms with Crippen LogP contribution in [0.15, 0.2) is 48.5 Å². The Hall–Kier alpha value is -4.94. The molecule has 2 fully saturated rings. The van der Waals surface area contributed by atoms with Crippen molar-refractivity contribution in [3.8, 4) is 11.1 Å². The molecule has 4 rings (SSSR count). The quantitative estimate of drug-likeness (QED) is 0.249. The van der Waals surface area contributed by atoms with Crippen molar-refractivity contribution in [1.82, 2.24) is 20.4 Å². The second-order valence-electron chi connectivity index (χ2n) is 16.7. The van der Waals surface area contributed by atoms with E-state index < -0.39 is 36.4 Å². The predicted molar refractivity (Wildman–Crippen MR) is 205 cm³/mol. The molecular formula is C41H57N5O8. The molecule has 13 heteroatoms. The molecule has 0 bridgehead atoms.